The summed E-state index contributed by atoms with van der Waals surface area (Å²) >= 11 is 5.74. The van der Waals surface area contributed by atoms with E-state index in [1.165, 1.54) is 6.07 Å². The third-order valence-electron chi connectivity index (χ3n) is 3.21. The molecule has 1 unspecified atom stereocenters. The molecule has 0 saturated carbocycles. The molecule has 1 aliphatic heterocycles. The third kappa shape index (κ3) is 4.10. The van der Waals surface area contributed by atoms with Gasteiger partial charge in [-0.25, -0.2) is 4.39 Å². The zero-order valence-corrected chi connectivity index (χ0v) is 11.8. The maximum atomic E-state index is 13.0. The second-order valence-electron chi connectivity index (χ2n) is 4.79. The minimum Gasteiger partial charge on any atom is -0.498 e. The lowest BCUT2D eigenvalue weighted by molar-refractivity contribution is 0.112. The van der Waals surface area contributed by atoms with E-state index in [9.17, 15) is 4.39 Å². The number of halogens is 2. The van der Waals surface area contributed by atoms with Crippen molar-refractivity contribution in [3.05, 3.63) is 52.5 Å². The Morgan fingerprint density at radius 2 is 2.26 bits per heavy atom. The molecule has 102 valence electrons. The van der Waals surface area contributed by atoms with Gasteiger partial charge in [0.05, 0.1) is 17.4 Å². The average Bonchev–Trinajstić information content (AvgIpc) is 2.42. The smallest absolute Gasteiger partial charge is 0.141 e. The molecule has 0 spiro atoms. The minimum absolute atomic E-state index is 0.152. The fourth-order valence-electron chi connectivity index (χ4n) is 2.11. The fourth-order valence-corrected chi connectivity index (χ4v) is 2.30. The maximum Gasteiger partial charge on any atom is 0.141 e. The maximum absolute atomic E-state index is 13.0. The SMILES string of the molecule is CCCC1CCC(/C=C/c2ccc(F)c(Cl)c2)=CO1. The van der Waals surface area contributed by atoms with E-state index in [1.54, 1.807) is 12.1 Å². The van der Waals surface area contributed by atoms with Gasteiger partial charge in [-0.05, 0) is 42.5 Å². The molecule has 19 heavy (non-hydrogen) atoms. The largest absolute Gasteiger partial charge is 0.498 e. The number of benzene rings is 1. The van der Waals surface area contributed by atoms with Crippen LogP contribution in [0.5, 0.6) is 0 Å². The first kappa shape index (κ1) is 14.1. The molecular weight excluding hydrogens is 263 g/mol. The lowest BCUT2D eigenvalue weighted by Gasteiger charge is -2.21. The van der Waals surface area contributed by atoms with Gasteiger partial charge in [-0.3, -0.25) is 0 Å². The molecule has 0 aromatic heterocycles. The Bertz CT molecular complexity index is 494. The van der Waals surface area contributed by atoms with Crippen LogP contribution < -0.4 is 0 Å². The average molecular weight is 281 g/mol. The van der Waals surface area contributed by atoms with Crippen LogP contribution in [0.2, 0.25) is 5.02 Å². The van der Waals surface area contributed by atoms with Gasteiger partial charge in [-0.2, -0.15) is 0 Å². The van der Waals surface area contributed by atoms with Crippen LogP contribution in [0.25, 0.3) is 6.08 Å². The number of hydrogen-bond acceptors (Lipinski definition) is 1. The van der Waals surface area contributed by atoms with Crippen LogP contribution >= 0.6 is 11.6 Å². The van der Waals surface area contributed by atoms with E-state index in [0.29, 0.717) is 6.10 Å². The molecule has 1 aliphatic rings. The van der Waals surface area contributed by atoms with Crippen LogP contribution in [-0.2, 0) is 4.74 Å². The van der Waals surface area contributed by atoms with Gasteiger partial charge in [0.25, 0.3) is 0 Å². The van der Waals surface area contributed by atoms with E-state index in [-0.39, 0.29) is 10.8 Å². The molecule has 3 heteroatoms. The van der Waals surface area contributed by atoms with E-state index < -0.39 is 0 Å². The first-order valence-corrected chi connectivity index (χ1v) is 7.04. The van der Waals surface area contributed by atoms with Crippen molar-refractivity contribution in [2.24, 2.45) is 0 Å². The fraction of sp³-hybridized carbons (Fsp3) is 0.375. The second-order valence-corrected chi connectivity index (χ2v) is 5.19. The molecule has 0 saturated heterocycles. The topological polar surface area (TPSA) is 9.23 Å². The predicted molar refractivity (Wildman–Crippen MR) is 77.5 cm³/mol. The molecule has 1 aromatic rings. The van der Waals surface area contributed by atoms with Crippen LogP contribution in [0.15, 0.2) is 36.1 Å². The molecule has 1 nitrogen and oxygen atoms in total. The first-order chi connectivity index (χ1) is 9.19. The Morgan fingerprint density at radius 1 is 1.42 bits per heavy atom. The highest BCUT2D eigenvalue weighted by Gasteiger charge is 2.12. The van der Waals surface area contributed by atoms with Crippen molar-refractivity contribution in [3.63, 3.8) is 0 Å². The van der Waals surface area contributed by atoms with E-state index in [1.807, 2.05) is 18.4 Å². The molecule has 0 fully saturated rings. The summed E-state index contributed by atoms with van der Waals surface area (Å²) in [4.78, 5) is 0. The predicted octanol–water partition coefficient (Wildman–Crippen LogP) is 5.36. The highest BCUT2D eigenvalue weighted by atomic mass is 35.5. The van der Waals surface area contributed by atoms with Crippen LogP contribution in [0.3, 0.4) is 0 Å². The highest BCUT2D eigenvalue weighted by molar-refractivity contribution is 6.30. The molecule has 0 amide bonds. The summed E-state index contributed by atoms with van der Waals surface area (Å²) in [5, 5.41) is 0.152. The van der Waals surface area contributed by atoms with E-state index >= 15 is 0 Å². The van der Waals surface area contributed by atoms with Gasteiger partial charge in [0, 0.05) is 0 Å². The Labute approximate surface area is 118 Å². The first-order valence-electron chi connectivity index (χ1n) is 6.66. The lowest BCUT2D eigenvalue weighted by Crippen LogP contribution is -2.13. The van der Waals surface area contributed by atoms with Crippen LogP contribution in [-0.4, -0.2) is 6.10 Å². The molecule has 1 atom stereocenters. The summed E-state index contributed by atoms with van der Waals surface area (Å²) in [6.07, 6.45) is 10.5. The van der Waals surface area contributed by atoms with E-state index in [2.05, 4.69) is 6.92 Å². The molecule has 2 rings (SSSR count). The quantitative estimate of drug-likeness (QED) is 0.722. The van der Waals surface area contributed by atoms with E-state index in [0.717, 1.165) is 36.8 Å². The monoisotopic (exact) mass is 280 g/mol. The van der Waals surface area contributed by atoms with Crippen molar-refractivity contribution >= 4 is 17.7 Å². The number of rotatable bonds is 4. The number of hydrogen-bond donors (Lipinski definition) is 0. The van der Waals surface area contributed by atoms with Crippen LogP contribution in [0.4, 0.5) is 4.39 Å². The lowest BCUT2D eigenvalue weighted by atomic mass is 10.0. The zero-order valence-electron chi connectivity index (χ0n) is 11.0. The van der Waals surface area contributed by atoms with Crippen LogP contribution in [0.1, 0.15) is 38.2 Å². The normalized spacial score (nSPS) is 19.3. The van der Waals surface area contributed by atoms with Crippen molar-refractivity contribution in [1.29, 1.82) is 0 Å². The molecule has 0 aliphatic carbocycles. The Morgan fingerprint density at radius 3 is 2.89 bits per heavy atom. The summed E-state index contributed by atoms with van der Waals surface area (Å²) in [5.74, 6) is -0.388. The van der Waals surface area contributed by atoms with Crippen molar-refractivity contribution < 1.29 is 9.13 Å². The third-order valence-corrected chi connectivity index (χ3v) is 3.50. The van der Waals surface area contributed by atoms with Gasteiger partial charge in [0.2, 0.25) is 0 Å². The number of ether oxygens (including phenoxy) is 1. The molecular formula is C16H18ClFO. The summed E-state index contributed by atoms with van der Waals surface area (Å²) in [6.45, 7) is 2.17. The van der Waals surface area contributed by atoms with Crippen molar-refractivity contribution in [2.45, 2.75) is 38.7 Å². The molecule has 1 heterocycles. The Balaban J connectivity index is 1.97. The van der Waals surface area contributed by atoms with Gasteiger partial charge >= 0.3 is 0 Å². The molecule has 1 aromatic carbocycles. The van der Waals surface area contributed by atoms with Gasteiger partial charge < -0.3 is 4.74 Å². The van der Waals surface area contributed by atoms with Crippen LogP contribution in [0, 0.1) is 5.82 Å². The zero-order chi connectivity index (χ0) is 13.7. The van der Waals surface area contributed by atoms with Gasteiger partial charge in [0.1, 0.15) is 5.82 Å². The Kier molecular flexibility index (Phi) is 5.03. The standard InChI is InChI=1S/C16H18ClFO/c1-2-3-14-8-6-13(11-19-14)5-4-12-7-9-16(18)15(17)10-12/h4-5,7,9-11,14H,2-3,6,8H2,1H3/b5-4+. The van der Waals surface area contributed by atoms with Gasteiger partial charge in [0.15, 0.2) is 0 Å². The van der Waals surface area contributed by atoms with Crippen molar-refractivity contribution in [2.75, 3.05) is 0 Å². The highest BCUT2D eigenvalue weighted by Crippen LogP contribution is 2.23. The summed E-state index contributed by atoms with van der Waals surface area (Å²) in [5.41, 5.74) is 2.05. The Hall–Kier alpha value is -1.28. The number of allylic oxidation sites excluding steroid dienone is 2. The summed E-state index contributed by atoms with van der Waals surface area (Å²) in [7, 11) is 0. The van der Waals surface area contributed by atoms with Crippen molar-refractivity contribution in [3.8, 4) is 0 Å². The van der Waals surface area contributed by atoms with Gasteiger partial charge in [-0.15, -0.1) is 0 Å². The molecule has 0 bridgehead atoms. The van der Waals surface area contributed by atoms with E-state index in [4.69, 9.17) is 16.3 Å². The second kappa shape index (κ2) is 6.76. The minimum atomic E-state index is -0.388. The molecule has 0 radical (unpaired) electrons. The molecule has 0 N–H and O–H groups in total. The summed E-state index contributed by atoms with van der Waals surface area (Å²) in [6, 6.07) is 4.71. The van der Waals surface area contributed by atoms with Gasteiger partial charge in [-0.1, -0.05) is 43.2 Å². The van der Waals surface area contributed by atoms with Crippen molar-refractivity contribution in [1.82, 2.24) is 0 Å². The summed E-state index contributed by atoms with van der Waals surface area (Å²) < 4.78 is 18.7.